The molecule has 19 heavy (non-hydrogen) atoms. The third kappa shape index (κ3) is 2.73. The van der Waals surface area contributed by atoms with Crippen LogP contribution in [-0.4, -0.2) is 14.2 Å². The number of hydrogen-bond acceptors (Lipinski definition) is 2. The number of benzene rings is 2. The standard InChI is InChI=1S/C17H19O2/c1-12(2)17-15(18-3)10-14(11-16(17)19-4)13-8-6-5-7-9-13/h5-8,10-12H,1-4H3. The monoisotopic (exact) mass is 255 g/mol. The van der Waals surface area contributed by atoms with Gasteiger partial charge in [-0.3, -0.25) is 0 Å². The summed E-state index contributed by atoms with van der Waals surface area (Å²) in [5, 5.41) is 0. The lowest BCUT2D eigenvalue weighted by Crippen LogP contribution is -1.99. The molecule has 0 heterocycles. The molecule has 0 aliphatic carbocycles. The van der Waals surface area contributed by atoms with E-state index < -0.39 is 0 Å². The largest absolute Gasteiger partial charge is 0.496 e. The second-order valence-corrected chi connectivity index (χ2v) is 4.73. The van der Waals surface area contributed by atoms with Gasteiger partial charge in [0, 0.05) is 5.56 Å². The quantitative estimate of drug-likeness (QED) is 0.811. The van der Waals surface area contributed by atoms with E-state index in [1.807, 2.05) is 36.4 Å². The first-order chi connectivity index (χ1) is 9.17. The molecule has 0 bridgehead atoms. The second kappa shape index (κ2) is 5.79. The minimum atomic E-state index is 0.346. The highest BCUT2D eigenvalue weighted by atomic mass is 16.5. The fraction of sp³-hybridized carbons (Fsp3) is 0.294. The van der Waals surface area contributed by atoms with Crippen molar-refractivity contribution < 1.29 is 9.47 Å². The highest BCUT2D eigenvalue weighted by Crippen LogP contribution is 2.39. The van der Waals surface area contributed by atoms with Crippen LogP contribution >= 0.6 is 0 Å². The first kappa shape index (κ1) is 13.5. The van der Waals surface area contributed by atoms with E-state index in [9.17, 15) is 0 Å². The van der Waals surface area contributed by atoms with Gasteiger partial charge in [-0.1, -0.05) is 38.1 Å². The predicted octanol–water partition coefficient (Wildman–Crippen LogP) is 4.29. The van der Waals surface area contributed by atoms with E-state index in [4.69, 9.17) is 9.47 Å². The summed E-state index contributed by atoms with van der Waals surface area (Å²) in [5.41, 5.74) is 3.19. The van der Waals surface area contributed by atoms with Crippen LogP contribution in [0.25, 0.3) is 11.1 Å². The van der Waals surface area contributed by atoms with E-state index in [2.05, 4.69) is 19.9 Å². The van der Waals surface area contributed by atoms with Gasteiger partial charge in [-0.25, -0.2) is 0 Å². The Morgan fingerprint density at radius 2 is 1.63 bits per heavy atom. The number of methoxy groups -OCH3 is 2. The van der Waals surface area contributed by atoms with E-state index in [0.29, 0.717) is 5.92 Å². The van der Waals surface area contributed by atoms with Crippen molar-refractivity contribution in [3.8, 4) is 22.6 Å². The van der Waals surface area contributed by atoms with Gasteiger partial charge in [0.05, 0.1) is 14.2 Å². The maximum Gasteiger partial charge on any atom is 0.126 e. The molecule has 0 N–H and O–H groups in total. The maximum absolute atomic E-state index is 5.52. The zero-order valence-corrected chi connectivity index (χ0v) is 11.9. The summed E-state index contributed by atoms with van der Waals surface area (Å²) in [6.45, 7) is 4.27. The lowest BCUT2D eigenvalue weighted by Gasteiger charge is -2.18. The van der Waals surface area contributed by atoms with Crippen LogP contribution < -0.4 is 9.47 Å². The highest BCUT2D eigenvalue weighted by molar-refractivity contribution is 5.69. The van der Waals surface area contributed by atoms with Gasteiger partial charge in [0.2, 0.25) is 0 Å². The average Bonchev–Trinajstić information content (AvgIpc) is 2.46. The molecule has 0 atom stereocenters. The van der Waals surface area contributed by atoms with Gasteiger partial charge in [-0.2, -0.15) is 0 Å². The van der Waals surface area contributed by atoms with E-state index >= 15 is 0 Å². The Morgan fingerprint density at radius 3 is 2.05 bits per heavy atom. The van der Waals surface area contributed by atoms with Crippen LogP contribution in [0.5, 0.6) is 11.5 Å². The zero-order chi connectivity index (χ0) is 13.8. The molecule has 99 valence electrons. The van der Waals surface area contributed by atoms with E-state index in [1.54, 1.807) is 14.2 Å². The van der Waals surface area contributed by atoms with E-state index in [-0.39, 0.29) is 0 Å². The maximum atomic E-state index is 5.52. The van der Waals surface area contributed by atoms with Crippen LogP contribution in [0.3, 0.4) is 0 Å². The Labute approximate surface area is 115 Å². The Balaban J connectivity index is 2.60. The fourth-order valence-corrected chi connectivity index (χ4v) is 2.24. The van der Waals surface area contributed by atoms with Crippen LogP contribution in [0, 0.1) is 6.07 Å². The molecule has 2 rings (SSSR count). The zero-order valence-electron chi connectivity index (χ0n) is 11.9. The molecule has 0 amide bonds. The molecule has 0 saturated carbocycles. The molecule has 0 aromatic heterocycles. The first-order valence-corrected chi connectivity index (χ1v) is 6.40. The predicted molar refractivity (Wildman–Crippen MR) is 77.9 cm³/mol. The van der Waals surface area contributed by atoms with Crippen molar-refractivity contribution in [2.45, 2.75) is 19.8 Å². The molecule has 0 unspecified atom stereocenters. The topological polar surface area (TPSA) is 18.5 Å². The summed E-state index contributed by atoms with van der Waals surface area (Å²) >= 11 is 0. The normalized spacial score (nSPS) is 10.6. The Morgan fingerprint density at radius 1 is 1.00 bits per heavy atom. The molecule has 0 aliphatic rings. The number of hydrogen-bond donors (Lipinski definition) is 0. The molecule has 2 aromatic carbocycles. The van der Waals surface area contributed by atoms with Crippen molar-refractivity contribution >= 4 is 0 Å². The third-order valence-electron chi connectivity index (χ3n) is 3.14. The third-order valence-corrected chi connectivity index (χ3v) is 3.14. The first-order valence-electron chi connectivity index (χ1n) is 6.40. The minimum absolute atomic E-state index is 0.346. The van der Waals surface area contributed by atoms with Crippen molar-refractivity contribution in [3.63, 3.8) is 0 Å². The molecule has 2 aromatic rings. The fourth-order valence-electron chi connectivity index (χ4n) is 2.24. The molecule has 0 spiro atoms. The van der Waals surface area contributed by atoms with Crippen molar-refractivity contribution in [1.29, 1.82) is 0 Å². The average molecular weight is 255 g/mol. The molecular formula is C17H19O2. The molecule has 0 fully saturated rings. The van der Waals surface area contributed by atoms with Crippen molar-refractivity contribution in [2.24, 2.45) is 0 Å². The second-order valence-electron chi connectivity index (χ2n) is 4.73. The van der Waals surface area contributed by atoms with Crippen LogP contribution in [0.15, 0.2) is 36.4 Å². The Hall–Kier alpha value is -1.96. The van der Waals surface area contributed by atoms with Gasteiger partial charge >= 0.3 is 0 Å². The summed E-state index contributed by atoms with van der Waals surface area (Å²) in [7, 11) is 3.39. The van der Waals surface area contributed by atoms with E-state index in [0.717, 1.165) is 28.2 Å². The van der Waals surface area contributed by atoms with Crippen molar-refractivity contribution in [2.75, 3.05) is 14.2 Å². The van der Waals surface area contributed by atoms with Crippen LogP contribution in [0.2, 0.25) is 0 Å². The van der Waals surface area contributed by atoms with Crippen molar-refractivity contribution in [1.82, 2.24) is 0 Å². The SMILES string of the molecule is COc1cc(-c2[c]cccc2)cc(OC)c1C(C)C. The summed E-state index contributed by atoms with van der Waals surface area (Å²) in [4.78, 5) is 0. The highest BCUT2D eigenvalue weighted by Gasteiger charge is 2.16. The molecule has 2 nitrogen and oxygen atoms in total. The summed E-state index contributed by atoms with van der Waals surface area (Å²) in [6.07, 6.45) is 0. The van der Waals surface area contributed by atoms with Gasteiger partial charge < -0.3 is 9.47 Å². The lowest BCUT2D eigenvalue weighted by atomic mass is 9.96. The van der Waals surface area contributed by atoms with Crippen molar-refractivity contribution in [3.05, 3.63) is 48.0 Å². The molecule has 0 aliphatic heterocycles. The van der Waals surface area contributed by atoms with Crippen LogP contribution in [0.4, 0.5) is 0 Å². The summed E-state index contributed by atoms with van der Waals surface area (Å²) in [6, 6.07) is 15.2. The van der Waals surface area contributed by atoms with Crippen LogP contribution in [-0.2, 0) is 0 Å². The van der Waals surface area contributed by atoms with Gasteiger partial charge in [0.25, 0.3) is 0 Å². The molecule has 2 heteroatoms. The van der Waals surface area contributed by atoms with Gasteiger partial charge in [0.15, 0.2) is 0 Å². The van der Waals surface area contributed by atoms with E-state index in [1.165, 1.54) is 0 Å². The Bertz CT molecular complexity index is 519. The number of rotatable bonds is 4. The van der Waals surface area contributed by atoms with Crippen LogP contribution in [0.1, 0.15) is 25.3 Å². The Kier molecular flexibility index (Phi) is 4.10. The number of ether oxygens (including phenoxy) is 2. The minimum Gasteiger partial charge on any atom is -0.496 e. The smallest absolute Gasteiger partial charge is 0.126 e. The summed E-state index contributed by atoms with van der Waals surface area (Å²) < 4.78 is 11.0. The van der Waals surface area contributed by atoms with Gasteiger partial charge in [-0.05, 0) is 35.2 Å². The van der Waals surface area contributed by atoms with Gasteiger partial charge in [0.1, 0.15) is 11.5 Å². The lowest BCUT2D eigenvalue weighted by molar-refractivity contribution is 0.382. The molecular weight excluding hydrogens is 236 g/mol. The molecule has 0 saturated heterocycles. The van der Waals surface area contributed by atoms with Gasteiger partial charge in [-0.15, -0.1) is 0 Å². The molecule has 1 radical (unpaired) electrons. The summed E-state index contributed by atoms with van der Waals surface area (Å²) in [5.74, 6) is 2.07.